The zero-order valence-electron chi connectivity index (χ0n) is 11.6. The van der Waals surface area contributed by atoms with E-state index >= 15 is 0 Å². The minimum atomic E-state index is -2.41. The number of hydrogen-bond donors (Lipinski definition) is 3. The first-order valence-corrected chi connectivity index (χ1v) is 8.31. The Bertz CT molecular complexity index is 944. The van der Waals surface area contributed by atoms with Crippen molar-refractivity contribution in [3.8, 4) is 0 Å². The van der Waals surface area contributed by atoms with Gasteiger partial charge in [-0.05, 0) is 29.8 Å². The molecule has 3 N–H and O–H groups in total. The largest absolute Gasteiger partial charge is 0.385 e. The van der Waals surface area contributed by atoms with E-state index < -0.39 is 23.1 Å². The van der Waals surface area contributed by atoms with Crippen molar-refractivity contribution in [3.05, 3.63) is 66.6 Å². The van der Waals surface area contributed by atoms with Gasteiger partial charge in [0.05, 0.1) is 20.1 Å². The van der Waals surface area contributed by atoms with Crippen molar-refractivity contribution in [2.24, 2.45) is 0 Å². The van der Waals surface area contributed by atoms with Crippen LogP contribution in [0.5, 0.6) is 0 Å². The number of aliphatic hydroxyl groups is 3. The van der Waals surface area contributed by atoms with Crippen LogP contribution in [0.25, 0.3) is 0 Å². The zero-order valence-corrected chi connectivity index (χ0v) is 14.7. The van der Waals surface area contributed by atoms with Crippen molar-refractivity contribution in [1.82, 2.24) is 0 Å². The summed E-state index contributed by atoms with van der Waals surface area (Å²) in [7, 11) is 0. The summed E-state index contributed by atoms with van der Waals surface area (Å²) in [6.07, 6.45) is -1.60. The van der Waals surface area contributed by atoms with Crippen LogP contribution in [0.3, 0.4) is 0 Å². The Morgan fingerprint density at radius 2 is 1.33 bits per heavy atom. The molecule has 0 saturated carbocycles. The van der Waals surface area contributed by atoms with Crippen LogP contribution in [0, 0.1) is 0 Å². The van der Waals surface area contributed by atoms with Crippen molar-refractivity contribution in [2.45, 2.75) is 17.3 Å². The number of hydrogen-bond acceptors (Lipinski definition) is 4. The standard InChI is InChI=1S/C16H8Cl4O4/c17-9-1-5-7(3-11(9)19)15(23)14(22)6-2-10(18)12(20)4-8(6)16(15,24)13(5)21/h1-4,13,21,23-24H/t13-,15-,16-/m1/s1. The summed E-state index contributed by atoms with van der Waals surface area (Å²) in [5.41, 5.74) is -4.61. The van der Waals surface area contributed by atoms with Crippen LogP contribution in [0.2, 0.25) is 20.1 Å². The van der Waals surface area contributed by atoms with Gasteiger partial charge in [-0.2, -0.15) is 0 Å². The third-order valence-corrected chi connectivity index (χ3v) is 6.21. The molecule has 124 valence electrons. The number of fused-ring (bicyclic) bond motifs is 5. The molecular weight excluding hydrogens is 398 g/mol. The van der Waals surface area contributed by atoms with E-state index in [-0.39, 0.29) is 42.3 Å². The molecule has 0 aromatic heterocycles. The molecular formula is C16H8Cl4O4. The van der Waals surface area contributed by atoms with Gasteiger partial charge in [0.2, 0.25) is 5.78 Å². The molecule has 2 aliphatic carbocycles. The van der Waals surface area contributed by atoms with Gasteiger partial charge < -0.3 is 15.3 Å². The fourth-order valence-corrected chi connectivity index (χ4v) is 4.28. The lowest BCUT2D eigenvalue weighted by Crippen LogP contribution is -2.48. The van der Waals surface area contributed by atoms with Gasteiger partial charge in [0.1, 0.15) is 6.10 Å². The van der Waals surface area contributed by atoms with Crippen LogP contribution >= 0.6 is 46.4 Å². The smallest absolute Gasteiger partial charge is 0.202 e. The lowest BCUT2D eigenvalue weighted by molar-refractivity contribution is -0.171. The molecule has 4 nitrogen and oxygen atoms in total. The number of aliphatic hydroxyl groups excluding tert-OH is 1. The lowest BCUT2D eigenvalue weighted by atomic mass is 9.82. The predicted molar refractivity (Wildman–Crippen MR) is 90.0 cm³/mol. The Morgan fingerprint density at radius 3 is 1.96 bits per heavy atom. The average molecular weight is 406 g/mol. The van der Waals surface area contributed by atoms with Gasteiger partial charge in [-0.15, -0.1) is 0 Å². The summed E-state index contributed by atoms with van der Waals surface area (Å²) in [5.74, 6) is -0.797. The number of halogens is 4. The minimum absolute atomic E-state index is 0.000319. The molecule has 0 spiro atoms. The number of ketones is 1. The Hall–Kier alpha value is -0.850. The molecule has 2 aliphatic rings. The lowest BCUT2D eigenvalue weighted by Gasteiger charge is -2.33. The highest BCUT2D eigenvalue weighted by Crippen LogP contribution is 2.63. The molecule has 2 aromatic carbocycles. The van der Waals surface area contributed by atoms with Crippen LogP contribution in [-0.2, 0) is 11.2 Å². The molecule has 0 radical (unpaired) electrons. The van der Waals surface area contributed by atoms with Crippen LogP contribution in [0.15, 0.2) is 24.3 Å². The molecule has 0 heterocycles. The van der Waals surface area contributed by atoms with E-state index in [4.69, 9.17) is 46.4 Å². The Morgan fingerprint density at radius 1 is 0.833 bits per heavy atom. The quantitative estimate of drug-likeness (QED) is 0.625. The summed E-state index contributed by atoms with van der Waals surface area (Å²) in [4.78, 5) is 12.9. The second-order valence-electron chi connectivity index (χ2n) is 5.87. The maximum atomic E-state index is 12.9. The van der Waals surface area contributed by atoms with Crippen molar-refractivity contribution in [1.29, 1.82) is 0 Å². The number of benzene rings is 2. The fourth-order valence-electron chi connectivity index (χ4n) is 3.61. The van der Waals surface area contributed by atoms with E-state index in [9.17, 15) is 20.1 Å². The Labute approximate surface area is 156 Å². The Balaban J connectivity index is 2.10. The van der Waals surface area contributed by atoms with Gasteiger partial charge in [-0.25, -0.2) is 0 Å². The van der Waals surface area contributed by atoms with E-state index in [1.807, 2.05) is 0 Å². The van der Waals surface area contributed by atoms with Crippen LogP contribution < -0.4 is 0 Å². The number of carbonyl (C=O) groups excluding carboxylic acids is 1. The molecule has 0 bridgehead atoms. The van der Waals surface area contributed by atoms with Gasteiger partial charge >= 0.3 is 0 Å². The van der Waals surface area contributed by atoms with Crippen LogP contribution in [0.4, 0.5) is 0 Å². The fraction of sp³-hybridized carbons (Fsp3) is 0.188. The molecule has 4 rings (SSSR count). The van der Waals surface area contributed by atoms with E-state index in [2.05, 4.69) is 0 Å². The monoisotopic (exact) mass is 404 g/mol. The normalized spacial score (nSPS) is 30.3. The van der Waals surface area contributed by atoms with Crippen LogP contribution in [0.1, 0.15) is 33.2 Å². The van der Waals surface area contributed by atoms with E-state index in [1.54, 1.807) is 0 Å². The maximum Gasteiger partial charge on any atom is 0.202 e. The second kappa shape index (κ2) is 4.86. The van der Waals surface area contributed by atoms with E-state index in [1.165, 1.54) is 24.3 Å². The van der Waals surface area contributed by atoms with Gasteiger partial charge in [0.15, 0.2) is 11.2 Å². The van der Waals surface area contributed by atoms with Crippen molar-refractivity contribution in [2.75, 3.05) is 0 Å². The van der Waals surface area contributed by atoms with Crippen molar-refractivity contribution in [3.63, 3.8) is 0 Å². The highest BCUT2D eigenvalue weighted by atomic mass is 35.5. The van der Waals surface area contributed by atoms with E-state index in [0.717, 1.165) is 0 Å². The summed E-state index contributed by atoms with van der Waals surface area (Å²) < 4.78 is 0. The third kappa shape index (κ3) is 1.65. The summed E-state index contributed by atoms with van der Waals surface area (Å²) in [6, 6.07) is 5.13. The molecule has 0 fully saturated rings. The number of rotatable bonds is 0. The summed E-state index contributed by atoms with van der Waals surface area (Å²) >= 11 is 23.9. The summed E-state index contributed by atoms with van der Waals surface area (Å²) in [6.45, 7) is 0. The highest BCUT2D eigenvalue weighted by molar-refractivity contribution is 6.43. The first-order chi connectivity index (χ1) is 11.1. The molecule has 0 amide bonds. The van der Waals surface area contributed by atoms with Gasteiger partial charge in [-0.3, -0.25) is 4.79 Å². The molecule has 0 unspecified atom stereocenters. The highest BCUT2D eigenvalue weighted by Gasteiger charge is 2.71. The van der Waals surface area contributed by atoms with Crippen molar-refractivity contribution < 1.29 is 20.1 Å². The number of Topliss-reactive ketones (excluding diaryl/α,β-unsaturated/α-hetero) is 1. The van der Waals surface area contributed by atoms with Crippen LogP contribution in [-0.4, -0.2) is 21.1 Å². The SMILES string of the molecule is O=C1c2cc(Cl)c(Cl)cc2[C@@]2(O)[C@H](O)c3cc(Cl)c(Cl)cc3[C@@]12O. The first kappa shape index (κ1) is 16.6. The number of carbonyl (C=O) groups is 1. The molecule has 24 heavy (non-hydrogen) atoms. The second-order valence-corrected chi connectivity index (χ2v) is 7.50. The average Bonchev–Trinajstić information content (AvgIpc) is 2.80. The third-order valence-electron chi connectivity index (χ3n) is 4.77. The molecule has 8 heteroatoms. The first-order valence-electron chi connectivity index (χ1n) is 6.80. The molecule has 0 aliphatic heterocycles. The summed E-state index contributed by atoms with van der Waals surface area (Å²) in [5, 5.41) is 33.4. The minimum Gasteiger partial charge on any atom is -0.385 e. The van der Waals surface area contributed by atoms with Crippen molar-refractivity contribution >= 4 is 52.2 Å². The Kier molecular flexibility index (Phi) is 3.36. The van der Waals surface area contributed by atoms with Gasteiger partial charge in [0, 0.05) is 16.7 Å². The molecule has 2 aromatic rings. The van der Waals surface area contributed by atoms with Gasteiger partial charge in [-0.1, -0.05) is 46.4 Å². The zero-order chi connectivity index (χ0) is 17.6. The van der Waals surface area contributed by atoms with Gasteiger partial charge in [0.25, 0.3) is 0 Å². The molecule has 3 atom stereocenters. The topological polar surface area (TPSA) is 77.8 Å². The predicted octanol–water partition coefficient (Wildman–Crippen LogP) is 3.62. The molecule has 0 saturated heterocycles. The van der Waals surface area contributed by atoms with E-state index in [0.29, 0.717) is 0 Å². The maximum absolute atomic E-state index is 12.9.